The molecule has 0 unspecified atom stereocenters. The van der Waals surface area contributed by atoms with Crippen LogP contribution in [0.5, 0.6) is 11.5 Å². The number of nitrogens with zero attached hydrogens (tertiary/aromatic N) is 1. The van der Waals surface area contributed by atoms with E-state index in [4.69, 9.17) is 15.2 Å². The van der Waals surface area contributed by atoms with E-state index in [1.165, 1.54) is 37.9 Å². The number of benzene rings is 1. The van der Waals surface area contributed by atoms with Gasteiger partial charge in [-0.3, -0.25) is 0 Å². The number of methoxy groups -OCH3 is 2. The molecule has 5 heteroatoms. The number of piperidine rings is 1. The van der Waals surface area contributed by atoms with Crippen molar-refractivity contribution in [2.45, 2.75) is 45.1 Å². The summed E-state index contributed by atoms with van der Waals surface area (Å²) in [5.41, 5.74) is 7.33. The van der Waals surface area contributed by atoms with Crippen molar-refractivity contribution in [1.82, 2.24) is 4.90 Å². The molecule has 0 amide bonds. The highest BCUT2D eigenvalue weighted by Gasteiger charge is 2.23. The highest BCUT2D eigenvalue weighted by atomic mass is 35.5. The number of aryl methyl sites for hydroxylation is 1. The molecule has 24 heavy (non-hydrogen) atoms. The van der Waals surface area contributed by atoms with Crippen molar-refractivity contribution >= 4 is 12.4 Å². The van der Waals surface area contributed by atoms with Crippen LogP contribution in [0.25, 0.3) is 0 Å². The Balaban J connectivity index is 0.00000288. The number of rotatable bonds is 7. The maximum absolute atomic E-state index is 6.12. The molecule has 1 aromatic rings. The Morgan fingerprint density at radius 1 is 1.08 bits per heavy atom. The van der Waals surface area contributed by atoms with Crippen LogP contribution in [0.4, 0.5) is 0 Å². The van der Waals surface area contributed by atoms with E-state index in [9.17, 15) is 0 Å². The summed E-state index contributed by atoms with van der Waals surface area (Å²) in [6.45, 7) is 7.55. The van der Waals surface area contributed by atoms with Crippen LogP contribution in [0, 0.1) is 5.92 Å². The summed E-state index contributed by atoms with van der Waals surface area (Å²) < 4.78 is 10.7. The van der Waals surface area contributed by atoms with E-state index in [1.807, 2.05) is 6.07 Å². The SMILES string of the molecule is COc1cc(CCC2CCN(CC(C)(C)N)CC2)cc(OC)c1.Cl. The zero-order valence-electron chi connectivity index (χ0n) is 15.5. The minimum absolute atomic E-state index is 0. The van der Waals surface area contributed by atoms with Gasteiger partial charge >= 0.3 is 0 Å². The molecule has 138 valence electrons. The third-order valence-electron chi connectivity index (χ3n) is 4.59. The van der Waals surface area contributed by atoms with Crippen molar-refractivity contribution in [3.05, 3.63) is 23.8 Å². The lowest BCUT2D eigenvalue weighted by molar-refractivity contribution is 0.154. The van der Waals surface area contributed by atoms with E-state index >= 15 is 0 Å². The normalized spacial score (nSPS) is 16.5. The quantitative estimate of drug-likeness (QED) is 0.812. The largest absolute Gasteiger partial charge is 0.497 e. The molecule has 4 nitrogen and oxygen atoms in total. The molecule has 0 radical (unpaired) electrons. The highest BCUT2D eigenvalue weighted by molar-refractivity contribution is 5.85. The van der Waals surface area contributed by atoms with Gasteiger partial charge in [0.2, 0.25) is 0 Å². The summed E-state index contributed by atoms with van der Waals surface area (Å²) in [7, 11) is 3.40. The van der Waals surface area contributed by atoms with E-state index in [2.05, 4.69) is 30.9 Å². The maximum Gasteiger partial charge on any atom is 0.122 e. The third-order valence-corrected chi connectivity index (χ3v) is 4.59. The van der Waals surface area contributed by atoms with E-state index in [0.29, 0.717) is 0 Å². The molecular formula is C19H33ClN2O2. The summed E-state index contributed by atoms with van der Waals surface area (Å²) in [5.74, 6) is 2.56. The number of likely N-dealkylation sites (tertiary alicyclic amines) is 1. The Bertz CT molecular complexity index is 472. The molecule has 2 N–H and O–H groups in total. The Hall–Kier alpha value is -0.970. The molecule has 0 spiro atoms. The third kappa shape index (κ3) is 6.88. The van der Waals surface area contributed by atoms with Crippen LogP contribution >= 0.6 is 12.4 Å². The Morgan fingerprint density at radius 3 is 2.08 bits per heavy atom. The van der Waals surface area contributed by atoms with Gasteiger partial charge in [0.05, 0.1) is 14.2 Å². The summed E-state index contributed by atoms with van der Waals surface area (Å²) in [6.07, 6.45) is 4.87. The molecule has 0 bridgehead atoms. The van der Waals surface area contributed by atoms with Crippen molar-refractivity contribution in [1.29, 1.82) is 0 Å². The molecule has 0 aliphatic carbocycles. The smallest absolute Gasteiger partial charge is 0.122 e. The van der Waals surface area contributed by atoms with Crippen LogP contribution in [-0.2, 0) is 6.42 Å². The minimum Gasteiger partial charge on any atom is -0.497 e. The predicted octanol–water partition coefficient (Wildman–Crippen LogP) is 3.51. The van der Waals surface area contributed by atoms with Crippen LogP contribution < -0.4 is 15.2 Å². The second-order valence-electron chi connectivity index (χ2n) is 7.47. The average molecular weight is 357 g/mol. The van der Waals surface area contributed by atoms with E-state index in [0.717, 1.165) is 30.4 Å². The summed E-state index contributed by atoms with van der Waals surface area (Å²) >= 11 is 0. The Kier molecular flexibility index (Phi) is 8.34. The van der Waals surface area contributed by atoms with Crippen LogP contribution in [-0.4, -0.2) is 44.3 Å². The average Bonchev–Trinajstić information content (AvgIpc) is 2.52. The minimum atomic E-state index is -0.0933. The number of halogens is 1. The van der Waals surface area contributed by atoms with Crippen LogP contribution in [0.1, 0.15) is 38.7 Å². The van der Waals surface area contributed by atoms with Crippen molar-refractivity contribution in [3.63, 3.8) is 0 Å². The zero-order chi connectivity index (χ0) is 16.9. The first-order valence-electron chi connectivity index (χ1n) is 8.63. The Morgan fingerprint density at radius 2 is 1.62 bits per heavy atom. The molecule has 1 heterocycles. The number of ether oxygens (including phenoxy) is 2. The van der Waals surface area contributed by atoms with Gasteiger partial charge in [0, 0.05) is 18.2 Å². The first-order valence-corrected chi connectivity index (χ1v) is 8.63. The number of nitrogens with two attached hydrogens (primary N) is 1. The highest BCUT2D eigenvalue weighted by Crippen LogP contribution is 2.27. The van der Waals surface area contributed by atoms with Crippen molar-refractivity contribution < 1.29 is 9.47 Å². The molecule has 1 aliphatic heterocycles. The second kappa shape index (κ2) is 9.50. The van der Waals surface area contributed by atoms with Crippen molar-refractivity contribution in [2.75, 3.05) is 33.9 Å². The summed E-state index contributed by atoms with van der Waals surface area (Å²) in [6, 6.07) is 6.17. The van der Waals surface area contributed by atoms with Crippen LogP contribution in [0.15, 0.2) is 18.2 Å². The first kappa shape index (κ1) is 21.1. The van der Waals surface area contributed by atoms with Gasteiger partial charge in [-0.1, -0.05) is 0 Å². The lowest BCUT2D eigenvalue weighted by Crippen LogP contribution is -2.47. The topological polar surface area (TPSA) is 47.7 Å². The number of hydrogen-bond acceptors (Lipinski definition) is 4. The standard InChI is InChI=1S/C19H32N2O2.ClH/c1-19(2,20)14-21-9-7-15(8-10-21)5-6-16-11-17(22-3)13-18(12-16)23-4;/h11-13,15H,5-10,14,20H2,1-4H3;1H. The molecular weight excluding hydrogens is 324 g/mol. The van der Waals surface area contributed by atoms with Gasteiger partial charge in [0.15, 0.2) is 0 Å². The van der Waals surface area contributed by atoms with Gasteiger partial charge < -0.3 is 20.1 Å². The van der Waals surface area contributed by atoms with Gasteiger partial charge in [-0.05, 0) is 76.2 Å². The van der Waals surface area contributed by atoms with Crippen molar-refractivity contribution in [2.24, 2.45) is 11.7 Å². The van der Waals surface area contributed by atoms with Gasteiger partial charge in [0.1, 0.15) is 11.5 Å². The zero-order valence-corrected chi connectivity index (χ0v) is 16.3. The molecule has 1 saturated heterocycles. The molecule has 0 saturated carbocycles. The molecule has 1 aromatic carbocycles. The Labute approximate surface area is 153 Å². The lowest BCUT2D eigenvalue weighted by atomic mass is 9.90. The number of hydrogen-bond donors (Lipinski definition) is 1. The fourth-order valence-corrected chi connectivity index (χ4v) is 3.39. The lowest BCUT2D eigenvalue weighted by Gasteiger charge is -2.35. The second-order valence-corrected chi connectivity index (χ2v) is 7.47. The van der Waals surface area contributed by atoms with Gasteiger partial charge in [0.25, 0.3) is 0 Å². The van der Waals surface area contributed by atoms with Crippen LogP contribution in [0.2, 0.25) is 0 Å². The molecule has 2 rings (SSSR count). The first-order chi connectivity index (χ1) is 10.9. The van der Waals surface area contributed by atoms with E-state index < -0.39 is 0 Å². The fraction of sp³-hybridized carbons (Fsp3) is 0.684. The fourth-order valence-electron chi connectivity index (χ4n) is 3.39. The van der Waals surface area contributed by atoms with Crippen molar-refractivity contribution in [3.8, 4) is 11.5 Å². The molecule has 1 aliphatic rings. The monoisotopic (exact) mass is 356 g/mol. The van der Waals surface area contributed by atoms with E-state index in [1.54, 1.807) is 14.2 Å². The van der Waals surface area contributed by atoms with Gasteiger partial charge in [-0.25, -0.2) is 0 Å². The van der Waals surface area contributed by atoms with Crippen LogP contribution in [0.3, 0.4) is 0 Å². The summed E-state index contributed by atoms with van der Waals surface area (Å²) in [5, 5.41) is 0. The molecule has 0 aromatic heterocycles. The van der Waals surface area contributed by atoms with Gasteiger partial charge in [-0.15, -0.1) is 12.4 Å². The molecule has 0 atom stereocenters. The maximum atomic E-state index is 6.12. The molecule has 1 fully saturated rings. The van der Waals surface area contributed by atoms with E-state index in [-0.39, 0.29) is 17.9 Å². The summed E-state index contributed by atoms with van der Waals surface area (Å²) in [4.78, 5) is 2.51. The predicted molar refractivity (Wildman–Crippen MR) is 103 cm³/mol. The van der Waals surface area contributed by atoms with Gasteiger partial charge in [-0.2, -0.15) is 0 Å².